The molecule has 0 fully saturated rings. The number of benzene rings is 3. The van der Waals surface area contributed by atoms with Gasteiger partial charge in [-0.25, -0.2) is 13.2 Å². The van der Waals surface area contributed by atoms with Gasteiger partial charge in [-0.3, -0.25) is 0 Å². The number of rotatable bonds is 6. The second-order valence-corrected chi connectivity index (χ2v) is 6.81. The molecule has 0 radical (unpaired) electrons. The van der Waals surface area contributed by atoms with Gasteiger partial charge < -0.3 is 0 Å². The van der Waals surface area contributed by atoms with Gasteiger partial charge in [0.1, 0.15) is 5.82 Å². The van der Waals surface area contributed by atoms with Crippen LogP contribution in [0.2, 0.25) is 0 Å². The van der Waals surface area contributed by atoms with Crippen molar-refractivity contribution in [1.29, 1.82) is 0 Å². The number of hydrogen-bond donors (Lipinski definition) is 0. The van der Waals surface area contributed by atoms with Gasteiger partial charge in [-0.1, -0.05) is 81.0 Å². The van der Waals surface area contributed by atoms with Crippen molar-refractivity contribution in [2.75, 3.05) is 0 Å². The molecular weight excluding hydrogens is 357 g/mol. The van der Waals surface area contributed by atoms with E-state index in [2.05, 4.69) is 0 Å². The monoisotopic (exact) mass is 380 g/mol. The zero-order valence-electron chi connectivity index (χ0n) is 16.1. The lowest BCUT2D eigenvalue weighted by Gasteiger charge is -2.06. The molecule has 0 saturated carbocycles. The lowest BCUT2D eigenvalue weighted by Crippen LogP contribution is -1.96. The second-order valence-electron chi connectivity index (χ2n) is 6.81. The summed E-state index contributed by atoms with van der Waals surface area (Å²) in [7, 11) is 0. The highest BCUT2D eigenvalue weighted by Gasteiger charge is 2.11. The SMILES string of the molecule is CCCc1ccc(C=Cc2ccc(-c3ccc(CC)c(F)c3)cc2)c(F)c1F. The molecular formula is C25H23F3. The van der Waals surface area contributed by atoms with Crippen LogP contribution in [0.3, 0.4) is 0 Å². The Morgan fingerprint density at radius 2 is 1.39 bits per heavy atom. The molecule has 0 heterocycles. The van der Waals surface area contributed by atoms with Gasteiger partial charge in [-0.2, -0.15) is 0 Å². The van der Waals surface area contributed by atoms with Crippen molar-refractivity contribution in [1.82, 2.24) is 0 Å². The Hall–Kier alpha value is -2.81. The van der Waals surface area contributed by atoms with Crippen LogP contribution in [0.1, 0.15) is 42.5 Å². The third kappa shape index (κ3) is 4.36. The van der Waals surface area contributed by atoms with E-state index < -0.39 is 11.6 Å². The van der Waals surface area contributed by atoms with Crippen molar-refractivity contribution in [2.45, 2.75) is 33.1 Å². The molecule has 3 rings (SSSR count). The fourth-order valence-electron chi connectivity index (χ4n) is 3.18. The predicted molar refractivity (Wildman–Crippen MR) is 110 cm³/mol. The first-order valence-corrected chi connectivity index (χ1v) is 9.57. The summed E-state index contributed by atoms with van der Waals surface area (Å²) in [6.07, 6.45) is 5.25. The van der Waals surface area contributed by atoms with Crippen LogP contribution in [0.5, 0.6) is 0 Å². The maximum atomic E-state index is 14.2. The highest BCUT2D eigenvalue weighted by atomic mass is 19.2. The fourth-order valence-corrected chi connectivity index (χ4v) is 3.18. The van der Waals surface area contributed by atoms with E-state index >= 15 is 0 Å². The highest BCUT2D eigenvalue weighted by molar-refractivity contribution is 5.72. The first-order valence-electron chi connectivity index (χ1n) is 9.57. The molecule has 3 heteroatoms. The van der Waals surface area contributed by atoms with Gasteiger partial charge in [0.2, 0.25) is 0 Å². The van der Waals surface area contributed by atoms with Crippen molar-refractivity contribution in [3.8, 4) is 11.1 Å². The molecule has 0 N–H and O–H groups in total. The molecule has 0 bridgehead atoms. The van der Waals surface area contributed by atoms with Gasteiger partial charge in [-0.15, -0.1) is 0 Å². The zero-order valence-corrected chi connectivity index (χ0v) is 16.1. The standard InChI is InChI=1S/C25H23F3/c1-3-5-20-13-14-21(25(28)24(20)27)11-8-17-6-9-19(10-7-17)22-15-12-18(4-2)23(26)16-22/h6-16H,3-5H2,1-2H3. The normalized spacial score (nSPS) is 11.3. The Morgan fingerprint density at radius 1 is 0.714 bits per heavy atom. The van der Waals surface area contributed by atoms with Crippen molar-refractivity contribution in [2.24, 2.45) is 0 Å². The molecule has 144 valence electrons. The minimum absolute atomic E-state index is 0.201. The zero-order chi connectivity index (χ0) is 20.1. The van der Waals surface area contributed by atoms with Crippen LogP contribution in [0.15, 0.2) is 54.6 Å². The summed E-state index contributed by atoms with van der Waals surface area (Å²) in [5.74, 6) is -1.78. The summed E-state index contributed by atoms with van der Waals surface area (Å²) < 4.78 is 42.3. The van der Waals surface area contributed by atoms with E-state index in [4.69, 9.17) is 0 Å². The smallest absolute Gasteiger partial charge is 0.166 e. The average Bonchev–Trinajstić information content (AvgIpc) is 2.71. The molecule has 3 aromatic rings. The van der Waals surface area contributed by atoms with Crippen LogP contribution in [-0.2, 0) is 12.8 Å². The minimum Gasteiger partial charge on any atom is -0.207 e. The van der Waals surface area contributed by atoms with E-state index in [1.54, 1.807) is 36.4 Å². The lowest BCUT2D eigenvalue weighted by atomic mass is 10.0. The average molecular weight is 380 g/mol. The molecule has 0 spiro atoms. The maximum Gasteiger partial charge on any atom is 0.166 e. The third-order valence-corrected chi connectivity index (χ3v) is 4.84. The number of halogens is 3. The summed E-state index contributed by atoms with van der Waals surface area (Å²) in [6.45, 7) is 3.85. The Balaban J connectivity index is 1.79. The van der Waals surface area contributed by atoms with Gasteiger partial charge in [-0.05, 0) is 46.7 Å². The lowest BCUT2D eigenvalue weighted by molar-refractivity contribution is 0.496. The van der Waals surface area contributed by atoms with E-state index in [0.29, 0.717) is 24.0 Å². The Morgan fingerprint density at radius 3 is 2.04 bits per heavy atom. The van der Waals surface area contributed by atoms with Gasteiger partial charge >= 0.3 is 0 Å². The molecule has 0 aliphatic carbocycles. The van der Waals surface area contributed by atoms with E-state index in [1.165, 1.54) is 0 Å². The largest absolute Gasteiger partial charge is 0.207 e. The van der Waals surface area contributed by atoms with Crippen molar-refractivity contribution < 1.29 is 13.2 Å². The van der Waals surface area contributed by atoms with Crippen LogP contribution in [0.4, 0.5) is 13.2 Å². The quantitative estimate of drug-likeness (QED) is 0.389. The van der Waals surface area contributed by atoms with Crippen molar-refractivity contribution >= 4 is 12.2 Å². The Labute approximate surface area is 164 Å². The van der Waals surface area contributed by atoms with E-state index in [1.807, 2.05) is 44.2 Å². The summed E-state index contributed by atoms with van der Waals surface area (Å²) >= 11 is 0. The van der Waals surface area contributed by atoms with E-state index in [-0.39, 0.29) is 11.4 Å². The van der Waals surface area contributed by atoms with Crippen LogP contribution >= 0.6 is 0 Å². The molecule has 0 aromatic heterocycles. The van der Waals surface area contributed by atoms with Crippen LogP contribution in [0, 0.1) is 17.5 Å². The molecule has 0 unspecified atom stereocenters. The minimum atomic E-state index is -0.815. The van der Waals surface area contributed by atoms with Gasteiger partial charge in [0, 0.05) is 5.56 Å². The summed E-state index contributed by atoms with van der Waals surface area (Å²) in [5, 5.41) is 0. The first-order chi connectivity index (χ1) is 13.5. The molecule has 0 saturated heterocycles. The maximum absolute atomic E-state index is 14.2. The number of hydrogen-bond acceptors (Lipinski definition) is 0. The van der Waals surface area contributed by atoms with Crippen LogP contribution < -0.4 is 0 Å². The molecule has 0 aliphatic heterocycles. The molecule has 3 aromatic carbocycles. The summed E-state index contributed by atoms with van der Waals surface area (Å²) in [4.78, 5) is 0. The molecule has 0 nitrogen and oxygen atoms in total. The number of aryl methyl sites for hydroxylation is 2. The Kier molecular flexibility index (Phi) is 6.35. The van der Waals surface area contributed by atoms with Gasteiger partial charge in [0.15, 0.2) is 11.6 Å². The van der Waals surface area contributed by atoms with Crippen LogP contribution in [-0.4, -0.2) is 0 Å². The van der Waals surface area contributed by atoms with E-state index in [9.17, 15) is 13.2 Å². The highest BCUT2D eigenvalue weighted by Crippen LogP contribution is 2.24. The van der Waals surface area contributed by atoms with Crippen molar-refractivity contribution in [3.05, 3.63) is 94.3 Å². The molecule has 0 amide bonds. The Bertz CT molecular complexity index is 985. The topological polar surface area (TPSA) is 0 Å². The second kappa shape index (κ2) is 8.92. The summed E-state index contributed by atoms with van der Waals surface area (Å²) in [6, 6.07) is 16.0. The first kappa shape index (κ1) is 19.9. The van der Waals surface area contributed by atoms with E-state index in [0.717, 1.165) is 23.1 Å². The van der Waals surface area contributed by atoms with Crippen molar-refractivity contribution in [3.63, 3.8) is 0 Å². The fraction of sp³-hybridized carbons (Fsp3) is 0.200. The van der Waals surface area contributed by atoms with Gasteiger partial charge in [0.25, 0.3) is 0 Å². The predicted octanol–water partition coefficient (Wildman–Crippen LogP) is 7.46. The summed E-state index contributed by atoms with van der Waals surface area (Å²) in [5.41, 5.74) is 3.89. The molecule has 0 atom stereocenters. The molecule has 28 heavy (non-hydrogen) atoms. The van der Waals surface area contributed by atoms with Crippen LogP contribution in [0.25, 0.3) is 23.3 Å². The van der Waals surface area contributed by atoms with Gasteiger partial charge in [0.05, 0.1) is 0 Å². The molecule has 0 aliphatic rings. The third-order valence-electron chi connectivity index (χ3n) is 4.84.